The van der Waals surface area contributed by atoms with E-state index in [1.54, 1.807) is 24.4 Å². The van der Waals surface area contributed by atoms with Crippen LogP contribution in [0.2, 0.25) is 0 Å². The number of hydrogen-bond acceptors (Lipinski definition) is 6. The zero-order valence-corrected chi connectivity index (χ0v) is 15.0. The summed E-state index contributed by atoms with van der Waals surface area (Å²) in [7, 11) is 1.58. The first-order valence-electron chi connectivity index (χ1n) is 7.98. The summed E-state index contributed by atoms with van der Waals surface area (Å²) in [5.74, 6) is 1.28. The first-order valence-corrected chi connectivity index (χ1v) is 7.98. The number of hydrogen-bond donors (Lipinski definition) is 0. The van der Waals surface area contributed by atoms with Crippen molar-refractivity contribution >= 4 is 12.0 Å². The van der Waals surface area contributed by atoms with Crippen LogP contribution in [0.25, 0.3) is 0 Å². The number of anilines is 1. The number of ether oxygens (including phenoxy) is 2. The Balaban J connectivity index is 0.00000127. The molecule has 1 fully saturated rings. The number of piperazine rings is 1. The smallest absolute Gasteiger partial charge is 0.410 e. The Hall–Kier alpha value is -2.05. The molecule has 1 aliphatic heterocycles. The maximum absolute atomic E-state index is 12.0. The minimum absolute atomic E-state index is 0.266. The highest BCUT2D eigenvalue weighted by atomic mass is 16.6. The van der Waals surface area contributed by atoms with Crippen LogP contribution in [0.1, 0.15) is 34.6 Å². The number of carbonyl (C=O) groups excluding carboxylic acids is 1. The van der Waals surface area contributed by atoms with Gasteiger partial charge in [0.25, 0.3) is 0 Å². The topological polar surface area (TPSA) is 67.8 Å². The second kappa shape index (κ2) is 8.55. The summed E-state index contributed by atoms with van der Waals surface area (Å²) in [6.07, 6.45) is 3.02. The summed E-state index contributed by atoms with van der Waals surface area (Å²) in [6.45, 7) is 12.2. The summed E-state index contributed by atoms with van der Waals surface area (Å²) >= 11 is 0. The molecule has 1 aromatic heterocycles. The molecule has 0 N–H and O–H groups in total. The molecule has 130 valence electrons. The van der Waals surface area contributed by atoms with Gasteiger partial charge in [-0.1, -0.05) is 13.8 Å². The number of methoxy groups -OCH3 is 1. The maximum Gasteiger partial charge on any atom is 0.410 e. The summed E-state index contributed by atoms with van der Waals surface area (Å²) in [5.41, 5.74) is -0.465. The van der Waals surface area contributed by atoms with E-state index in [0.29, 0.717) is 37.9 Å². The molecule has 7 heteroatoms. The second-order valence-corrected chi connectivity index (χ2v) is 5.88. The van der Waals surface area contributed by atoms with E-state index in [1.807, 2.05) is 39.5 Å². The molecule has 0 unspecified atom stereocenters. The monoisotopic (exact) mass is 324 g/mol. The van der Waals surface area contributed by atoms with Gasteiger partial charge in [0, 0.05) is 26.2 Å². The van der Waals surface area contributed by atoms with E-state index in [1.165, 1.54) is 0 Å². The number of aromatic nitrogens is 2. The SMILES string of the molecule is CC.COc1cnc(N2CCN(C(=O)OC(C)(C)C)CC2)nc1. The van der Waals surface area contributed by atoms with Gasteiger partial charge in [-0.25, -0.2) is 14.8 Å². The van der Waals surface area contributed by atoms with Crippen LogP contribution in [0.3, 0.4) is 0 Å². The molecule has 0 atom stereocenters. The molecule has 1 amide bonds. The standard InChI is InChI=1S/C14H22N4O3.C2H6/c1-14(2,3)21-13(19)18-7-5-17(6-8-18)12-15-9-11(20-4)10-16-12;1-2/h9-10H,5-8H2,1-4H3;1-2H3. The van der Waals surface area contributed by atoms with E-state index in [4.69, 9.17) is 9.47 Å². The largest absolute Gasteiger partial charge is 0.494 e. The summed E-state index contributed by atoms with van der Waals surface area (Å²) < 4.78 is 10.4. The van der Waals surface area contributed by atoms with Crippen LogP contribution in [0.4, 0.5) is 10.7 Å². The zero-order chi connectivity index (χ0) is 17.5. The fourth-order valence-corrected chi connectivity index (χ4v) is 1.99. The van der Waals surface area contributed by atoms with Gasteiger partial charge in [-0.3, -0.25) is 0 Å². The van der Waals surface area contributed by atoms with Gasteiger partial charge >= 0.3 is 6.09 Å². The van der Waals surface area contributed by atoms with Gasteiger partial charge in [0.15, 0.2) is 5.75 Å². The van der Waals surface area contributed by atoms with Crippen molar-refractivity contribution in [3.05, 3.63) is 12.4 Å². The van der Waals surface area contributed by atoms with Crippen LogP contribution >= 0.6 is 0 Å². The number of rotatable bonds is 2. The lowest BCUT2D eigenvalue weighted by Crippen LogP contribution is -2.50. The van der Waals surface area contributed by atoms with Crippen LogP contribution in [0.5, 0.6) is 5.75 Å². The Labute approximate surface area is 138 Å². The average molecular weight is 324 g/mol. The number of nitrogens with zero attached hydrogens (tertiary/aromatic N) is 4. The van der Waals surface area contributed by atoms with Crippen LogP contribution in [0.15, 0.2) is 12.4 Å². The third kappa shape index (κ3) is 5.92. The Bertz CT molecular complexity index is 477. The number of carbonyl (C=O) groups is 1. The molecule has 0 bridgehead atoms. The summed E-state index contributed by atoms with van der Waals surface area (Å²) in [5, 5.41) is 0. The molecular weight excluding hydrogens is 296 g/mol. The van der Waals surface area contributed by atoms with E-state index in [2.05, 4.69) is 9.97 Å². The first-order chi connectivity index (χ1) is 10.9. The summed E-state index contributed by atoms with van der Waals surface area (Å²) in [6, 6.07) is 0. The molecule has 23 heavy (non-hydrogen) atoms. The Kier molecular flexibility index (Phi) is 7.06. The molecule has 1 aromatic rings. The van der Waals surface area contributed by atoms with Crippen molar-refractivity contribution in [1.29, 1.82) is 0 Å². The van der Waals surface area contributed by atoms with Crippen molar-refractivity contribution in [1.82, 2.24) is 14.9 Å². The van der Waals surface area contributed by atoms with Crippen molar-refractivity contribution < 1.29 is 14.3 Å². The molecule has 0 aromatic carbocycles. The molecule has 0 saturated carbocycles. The first kappa shape index (κ1) is 19.0. The van der Waals surface area contributed by atoms with Crippen LogP contribution < -0.4 is 9.64 Å². The van der Waals surface area contributed by atoms with E-state index in [0.717, 1.165) is 0 Å². The van der Waals surface area contributed by atoms with Gasteiger partial charge in [-0.05, 0) is 20.8 Å². The Morgan fingerprint density at radius 3 is 2.04 bits per heavy atom. The normalized spacial score (nSPS) is 14.7. The van der Waals surface area contributed by atoms with Crippen molar-refractivity contribution in [3.8, 4) is 5.75 Å². The molecule has 2 rings (SSSR count). The third-order valence-corrected chi connectivity index (χ3v) is 3.06. The fraction of sp³-hybridized carbons (Fsp3) is 0.688. The lowest BCUT2D eigenvalue weighted by molar-refractivity contribution is 0.0240. The highest BCUT2D eigenvalue weighted by molar-refractivity contribution is 5.68. The van der Waals surface area contributed by atoms with Crippen LogP contribution in [-0.2, 0) is 4.74 Å². The lowest BCUT2D eigenvalue weighted by Gasteiger charge is -2.35. The zero-order valence-electron chi connectivity index (χ0n) is 15.0. The average Bonchev–Trinajstić information content (AvgIpc) is 2.55. The minimum atomic E-state index is -0.465. The van der Waals surface area contributed by atoms with Gasteiger partial charge in [0.2, 0.25) is 5.95 Å². The fourth-order valence-electron chi connectivity index (χ4n) is 1.99. The highest BCUT2D eigenvalue weighted by Crippen LogP contribution is 2.15. The van der Waals surface area contributed by atoms with Gasteiger partial charge in [0.1, 0.15) is 5.60 Å². The quantitative estimate of drug-likeness (QED) is 0.833. The van der Waals surface area contributed by atoms with E-state index in [9.17, 15) is 4.79 Å². The Morgan fingerprint density at radius 2 is 1.61 bits per heavy atom. The summed E-state index contributed by atoms with van der Waals surface area (Å²) in [4.78, 5) is 24.2. The molecule has 0 radical (unpaired) electrons. The third-order valence-electron chi connectivity index (χ3n) is 3.06. The van der Waals surface area contributed by atoms with Crippen molar-refractivity contribution in [2.45, 2.75) is 40.2 Å². The predicted octanol–water partition coefficient (Wildman–Crippen LogP) is 2.57. The van der Waals surface area contributed by atoms with Gasteiger partial charge in [-0.15, -0.1) is 0 Å². The van der Waals surface area contributed by atoms with E-state index in [-0.39, 0.29) is 6.09 Å². The minimum Gasteiger partial charge on any atom is -0.494 e. The molecule has 0 spiro atoms. The van der Waals surface area contributed by atoms with Crippen molar-refractivity contribution in [2.24, 2.45) is 0 Å². The van der Waals surface area contributed by atoms with Crippen LogP contribution in [0, 0.1) is 0 Å². The van der Waals surface area contributed by atoms with E-state index < -0.39 is 5.60 Å². The number of amides is 1. The molecule has 2 heterocycles. The molecule has 1 saturated heterocycles. The van der Waals surface area contributed by atoms with E-state index >= 15 is 0 Å². The lowest BCUT2D eigenvalue weighted by atomic mass is 10.2. The van der Waals surface area contributed by atoms with Gasteiger partial charge < -0.3 is 19.3 Å². The molecule has 7 nitrogen and oxygen atoms in total. The molecule has 0 aliphatic carbocycles. The van der Waals surface area contributed by atoms with Crippen molar-refractivity contribution in [2.75, 3.05) is 38.2 Å². The van der Waals surface area contributed by atoms with Gasteiger partial charge in [0.05, 0.1) is 19.5 Å². The second-order valence-electron chi connectivity index (χ2n) is 5.88. The van der Waals surface area contributed by atoms with Crippen molar-refractivity contribution in [3.63, 3.8) is 0 Å². The highest BCUT2D eigenvalue weighted by Gasteiger charge is 2.26. The Morgan fingerprint density at radius 1 is 1.09 bits per heavy atom. The van der Waals surface area contributed by atoms with Gasteiger partial charge in [-0.2, -0.15) is 0 Å². The maximum atomic E-state index is 12.0. The van der Waals surface area contributed by atoms with Crippen LogP contribution in [-0.4, -0.2) is 59.9 Å². The molecule has 1 aliphatic rings. The predicted molar refractivity (Wildman–Crippen MR) is 90.0 cm³/mol. The molecular formula is C16H28N4O3.